The van der Waals surface area contributed by atoms with Crippen molar-refractivity contribution in [3.63, 3.8) is 0 Å². The molecular weight excluding hydrogens is 186 g/mol. The van der Waals surface area contributed by atoms with Crippen molar-refractivity contribution in [3.05, 3.63) is 30.0 Å². The van der Waals surface area contributed by atoms with Gasteiger partial charge in [0.25, 0.3) is 0 Å². The zero-order chi connectivity index (χ0) is 10.3. The highest BCUT2D eigenvalue weighted by Gasteiger charge is 2.23. The minimum atomic E-state index is 0.690. The number of rotatable bonds is 2. The van der Waals surface area contributed by atoms with Crippen LogP contribution in [0.5, 0.6) is 0 Å². The molecule has 0 radical (unpaired) electrons. The number of fused-ring (bicyclic) bond motifs is 1. The molecule has 0 bridgehead atoms. The van der Waals surface area contributed by atoms with E-state index in [1.54, 1.807) is 0 Å². The van der Waals surface area contributed by atoms with Crippen molar-refractivity contribution in [1.29, 1.82) is 0 Å². The first-order chi connectivity index (χ1) is 7.36. The minimum absolute atomic E-state index is 0.690. The van der Waals surface area contributed by atoms with E-state index < -0.39 is 0 Å². The van der Waals surface area contributed by atoms with Gasteiger partial charge in [0.1, 0.15) is 0 Å². The lowest BCUT2D eigenvalue weighted by Gasteiger charge is -2.03. The van der Waals surface area contributed by atoms with Crippen LogP contribution >= 0.6 is 0 Å². The zero-order valence-corrected chi connectivity index (χ0v) is 8.70. The Morgan fingerprint density at radius 3 is 2.93 bits per heavy atom. The van der Waals surface area contributed by atoms with E-state index in [0.29, 0.717) is 5.95 Å². The lowest BCUT2D eigenvalue weighted by Crippen LogP contribution is -1.95. The molecule has 1 heterocycles. The molecule has 1 N–H and O–H groups in total. The Morgan fingerprint density at radius 2 is 2.20 bits per heavy atom. The molecule has 1 aromatic heterocycles. The number of benzene rings is 1. The monoisotopic (exact) mass is 199 g/mol. The second kappa shape index (κ2) is 3.19. The molecule has 0 aliphatic heterocycles. The predicted octanol–water partition coefficient (Wildman–Crippen LogP) is 2.55. The van der Waals surface area contributed by atoms with Crippen LogP contribution in [0.2, 0.25) is 0 Å². The van der Waals surface area contributed by atoms with E-state index in [0.717, 1.165) is 16.8 Å². The summed E-state index contributed by atoms with van der Waals surface area (Å²) in [5, 5.41) is 4.07. The smallest absolute Gasteiger partial charge is 0.222 e. The highest BCUT2D eigenvalue weighted by Crippen LogP contribution is 2.40. The highest BCUT2D eigenvalue weighted by atomic mass is 15.1. The molecule has 76 valence electrons. The SMILES string of the molecule is CNc1ncc2ccc(C3CC3)cc2n1. The average molecular weight is 199 g/mol. The number of aromatic nitrogens is 2. The maximum Gasteiger partial charge on any atom is 0.222 e. The third kappa shape index (κ3) is 1.54. The highest BCUT2D eigenvalue weighted by molar-refractivity contribution is 5.79. The predicted molar refractivity (Wildman–Crippen MR) is 61.1 cm³/mol. The molecule has 1 aliphatic carbocycles. The molecule has 1 saturated carbocycles. The van der Waals surface area contributed by atoms with Crippen LogP contribution < -0.4 is 5.32 Å². The van der Waals surface area contributed by atoms with Crippen molar-refractivity contribution in [3.8, 4) is 0 Å². The van der Waals surface area contributed by atoms with E-state index in [1.165, 1.54) is 18.4 Å². The maximum absolute atomic E-state index is 4.44. The van der Waals surface area contributed by atoms with E-state index in [1.807, 2.05) is 13.2 Å². The summed E-state index contributed by atoms with van der Waals surface area (Å²) >= 11 is 0. The fourth-order valence-electron chi connectivity index (χ4n) is 1.83. The summed E-state index contributed by atoms with van der Waals surface area (Å²) < 4.78 is 0. The van der Waals surface area contributed by atoms with Gasteiger partial charge in [0.15, 0.2) is 0 Å². The lowest BCUT2D eigenvalue weighted by molar-refractivity contribution is 1.13. The first kappa shape index (κ1) is 8.65. The van der Waals surface area contributed by atoms with Crippen molar-refractivity contribution in [2.24, 2.45) is 0 Å². The summed E-state index contributed by atoms with van der Waals surface area (Å²) in [5.74, 6) is 1.47. The Balaban J connectivity index is 2.14. The molecule has 3 heteroatoms. The summed E-state index contributed by atoms with van der Waals surface area (Å²) in [6.45, 7) is 0. The van der Waals surface area contributed by atoms with E-state index >= 15 is 0 Å². The largest absolute Gasteiger partial charge is 0.357 e. The van der Waals surface area contributed by atoms with Crippen molar-refractivity contribution in [1.82, 2.24) is 9.97 Å². The Kier molecular flexibility index (Phi) is 1.84. The van der Waals surface area contributed by atoms with Gasteiger partial charge >= 0.3 is 0 Å². The van der Waals surface area contributed by atoms with E-state index in [-0.39, 0.29) is 0 Å². The first-order valence-electron chi connectivity index (χ1n) is 5.31. The van der Waals surface area contributed by atoms with Gasteiger partial charge in [0.05, 0.1) is 5.52 Å². The van der Waals surface area contributed by atoms with E-state index in [2.05, 4.69) is 33.5 Å². The van der Waals surface area contributed by atoms with E-state index in [4.69, 9.17) is 0 Å². The number of nitrogens with one attached hydrogen (secondary N) is 1. The van der Waals surface area contributed by atoms with Crippen molar-refractivity contribution < 1.29 is 0 Å². The molecule has 0 saturated heterocycles. The van der Waals surface area contributed by atoms with Gasteiger partial charge in [-0.15, -0.1) is 0 Å². The molecule has 0 atom stereocenters. The molecule has 15 heavy (non-hydrogen) atoms. The zero-order valence-electron chi connectivity index (χ0n) is 8.70. The van der Waals surface area contributed by atoms with Gasteiger partial charge < -0.3 is 5.32 Å². The standard InChI is InChI=1S/C12H13N3/c1-13-12-14-7-10-5-4-9(8-2-3-8)6-11(10)15-12/h4-8H,2-3H2,1H3,(H,13,14,15). The Hall–Kier alpha value is -1.64. The normalized spacial score (nSPS) is 15.5. The van der Waals surface area contributed by atoms with Gasteiger partial charge in [0.2, 0.25) is 5.95 Å². The maximum atomic E-state index is 4.44. The van der Waals surface area contributed by atoms with Gasteiger partial charge in [-0.05, 0) is 30.4 Å². The molecule has 2 aromatic rings. The fourth-order valence-corrected chi connectivity index (χ4v) is 1.83. The second-order valence-electron chi connectivity index (χ2n) is 4.04. The third-order valence-electron chi connectivity index (χ3n) is 2.88. The molecule has 3 rings (SSSR count). The molecule has 3 nitrogen and oxygen atoms in total. The van der Waals surface area contributed by atoms with Crippen LogP contribution in [0.1, 0.15) is 24.3 Å². The molecule has 1 fully saturated rings. The Morgan fingerprint density at radius 1 is 1.33 bits per heavy atom. The topological polar surface area (TPSA) is 37.8 Å². The van der Waals surface area contributed by atoms with Gasteiger partial charge in [-0.1, -0.05) is 12.1 Å². The van der Waals surface area contributed by atoms with Crippen LogP contribution in [-0.4, -0.2) is 17.0 Å². The Labute approximate surface area is 88.6 Å². The van der Waals surface area contributed by atoms with E-state index in [9.17, 15) is 0 Å². The molecule has 1 aromatic carbocycles. The number of hydrogen-bond acceptors (Lipinski definition) is 3. The van der Waals surface area contributed by atoms with Crippen LogP contribution in [-0.2, 0) is 0 Å². The summed E-state index contributed by atoms with van der Waals surface area (Å²) in [5.41, 5.74) is 2.46. The van der Waals surface area contributed by atoms with Crippen LogP contribution in [0.25, 0.3) is 10.9 Å². The number of anilines is 1. The second-order valence-corrected chi connectivity index (χ2v) is 4.04. The van der Waals surface area contributed by atoms with Crippen LogP contribution in [0.15, 0.2) is 24.4 Å². The molecule has 0 amide bonds. The number of hydrogen-bond donors (Lipinski definition) is 1. The van der Waals surface area contributed by atoms with Crippen LogP contribution in [0.4, 0.5) is 5.95 Å². The molecule has 0 spiro atoms. The molecule has 0 unspecified atom stereocenters. The van der Waals surface area contributed by atoms with Gasteiger partial charge in [-0.3, -0.25) is 0 Å². The van der Waals surface area contributed by atoms with Gasteiger partial charge in [-0.25, -0.2) is 9.97 Å². The summed E-state index contributed by atoms with van der Waals surface area (Å²) in [7, 11) is 1.84. The first-order valence-corrected chi connectivity index (χ1v) is 5.31. The van der Waals surface area contributed by atoms with Crippen LogP contribution in [0.3, 0.4) is 0 Å². The fraction of sp³-hybridized carbons (Fsp3) is 0.333. The third-order valence-corrected chi connectivity index (χ3v) is 2.88. The average Bonchev–Trinajstić information content (AvgIpc) is 3.11. The van der Waals surface area contributed by atoms with Gasteiger partial charge in [0, 0.05) is 18.6 Å². The Bertz CT molecular complexity index is 503. The molecule has 1 aliphatic rings. The van der Waals surface area contributed by atoms with Crippen molar-refractivity contribution >= 4 is 16.9 Å². The lowest BCUT2D eigenvalue weighted by atomic mass is 10.1. The van der Waals surface area contributed by atoms with Crippen molar-refractivity contribution in [2.75, 3.05) is 12.4 Å². The molecular formula is C12H13N3. The summed E-state index contributed by atoms with van der Waals surface area (Å²) in [6.07, 6.45) is 4.52. The summed E-state index contributed by atoms with van der Waals surface area (Å²) in [4.78, 5) is 8.64. The quantitative estimate of drug-likeness (QED) is 0.807. The van der Waals surface area contributed by atoms with Crippen molar-refractivity contribution in [2.45, 2.75) is 18.8 Å². The number of nitrogens with zero attached hydrogens (tertiary/aromatic N) is 2. The minimum Gasteiger partial charge on any atom is -0.357 e. The van der Waals surface area contributed by atoms with Crippen LogP contribution in [0, 0.1) is 0 Å². The van der Waals surface area contributed by atoms with Gasteiger partial charge in [-0.2, -0.15) is 0 Å². The summed E-state index contributed by atoms with van der Waals surface area (Å²) in [6, 6.07) is 6.50.